The third kappa shape index (κ3) is 2.69. The molecule has 0 aliphatic heterocycles. The van der Waals surface area contributed by atoms with E-state index in [0.717, 1.165) is 6.42 Å². The normalized spacial score (nSPS) is 11.9. The van der Waals surface area contributed by atoms with Crippen LogP contribution in [0.1, 0.15) is 13.3 Å². The minimum atomic E-state index is -3.53. The maximum absolute atomic E-state index is 12.1. The summed E-state index contributed by atoms with van der Waals surface area (Å²) in [6.45, 7) is 2.21. The van der Waals surface area contributed by atoms with Crippen molar-refractivity contribution >= 4 is 26.6 Å². The lowest BCUT2D eigenvalue weighted by molar-refractivity contribution is 0.319. The molecule has 1 heterocycles. The van der Waals surface area contributed by atoms with Crippen LogP contribution in [-0.2, 0) is 9.84 Å². The number of hydrogen-bond acceptors (Lipinski definition) is 6. The van der Waals surface area contributed by atoms with Gasteiger partial charge in [0.05, 0.1) is 22.9 Å². The van der Waals surface area contributed by atoms with Crippen molar-refractivity contribution in [3.63, 3.8) is 0 Å². The first-order chi connectivity index (χ1) is 9.10. The second-order valence-corrected chi connectivity index (χ2v) is 6.18. The first kappa shape index (κ1) is 13.8. The summed E-state index contributed by atoms with van der Waals surface area (Å²) in [4.78, 5) is 0.149. The highest BCUT2D eigenvalue weighted by molar-refractivity contribution is 7.91. The molecule has 104 valence electrons. The van der Waals surface area contributed by atoms with Crippen LogP contribution in [0.2, 0.25) is 0 Å². The molecular weight excluding hydrogens is 268 g/mol. The Hall–Kier alpha value is -1.67. The van der Waals surface area contributed by atoms with Crippen LogP contribution in [0.4, 0.5) is 5.69 Å². The number of aliphatic hydroxyl groups excluding tert-OH is 1. The smallest absolute Gasteiger partial charge is 0.182 e. The van der Waals surface area contributed by atoms with E-state index in [0.29, 0.717) is 23.3 Å². The van der Waals surface area contributed by atoms with Gasteiger partial charge in [-0.25, -0.2) is 8.42 Å². The van der Waals surface area contributed by atoms with Gasteiger partial charge in [0.2, 0.25) is 0 Å². The molecule has 0 radical (unpaired) electrons. The lowest BCUT2D eigenvalue weighted by Crippen LogP contribution is -2.13. The van der Waals surface area contributed by atoms with E-state index >= 15 is 0 Å². The maximum atomic E-state index is 12.1. The highest BCUT2D eigenvalue weighted by atomic mass is 32.2. The van der Waals surface area contributed by atoms with E-state index in [4.69, 9.17) is 5.11 Å². The molecule has 0 aliphatic carbocycles. The van der Waals surface area contributed by atoms with Gasteiger partial charge in [-0.15, -0.1) is 0 Å². The van der Waals surface area contributed by atoms with Crippen LogP contribution in [0.25, 0.3) is 11.0 Å². The van der Waals surface area contributed by atoms with Crippen molar-refractivity contribution in [3.8, 4) is 0 Å². The van der Waals surface area contributed by atoms with Crippen LogP contribution in [0, 0.1) is 0 Å². The average molecular weight is 284 g/mol. The molecule has 0 saturated heterocycles. The van der Waals surface area contributed by atoms with Crippen molar-refractivity contribution in [3.05, 3.63) is 12.1 Å². The van der Waals surface area contributed by atoms with Crippen molar-refractivity contribution in [2.24, 2.45) is 0 Å². The van der Waals surface area contributed by atoms with Gasteiger partial charge in [-0.1, -0.05) is 6.92 Å². The Morgan fingerprint density at radius 1 is 1.37 bits per heavy atom. The predicted octanol–water partition coefficient (Wildman–Crippen LogP) is 0.546. The Bertz CT molecular complexity index is 666. The summed E-state index contributed by atoms with van der Waals surface area (Å²) < 4.78 is 24.2. The van der Waals surface area contributed by atoms with Gasteiger partial charge in [0.1, 0.15) is 11.0 Å². The molecule has 19 heavy (non-hydrogen) atoms. The predicted molar refractivity (Wildman–Crippen MR) is 71.8 cm³/mol. The molecule has 0 amide bonds. The maximum Gasteiger partial charge on any atom is 0.182 e. The van der Waals surface area contributed by atoms with Gasteiger partial charge >= 0.3 is 0 Å². The first-order valence-corrected chi connectivity index (χ1v) is 7.66. The molecule has 0 fully saturated rings. The molecule has 0 saturated carbocycles. The molecule has 2 rings (SSSR count). The van der Waals surface area contributed by atoms with Gasteiger partial charge < -0.3 is 10.4 Å². The quantitative estimate of drug-likeness (QED) is 0.714. The summed E-state index contributed by atoms with van der Waals surface area (Å²) >= 11 is 0. The zero-order chi connectivity index (χ0) is 13.9. The van der Waals surface area contributed by atoms with Gasteiger partial charge in [0.15, 0.2) is 9.84 Å². The average Bonchev–Trinajstić information content (AvgIpc) is 2.84. The number of nitrogens with zero attached hydrogens (tertiary/aromatic N) is 2. The highest BCUT2D eigenvalue weighted by Gasteiger charge is 2.21. The molecule has 1 aromatic heterocycles. The number of aromatic amines is 1. The van der Waals surface area contributed by atoms with Gasteiger partial charge in [0.25, 0.3) is 0 Å². The number of anilines is 1. The number of rotatable bonds is 6. The van der Waals surface area contributed by atoms with Gasteiger partial charge in [0, 0.05) is 6.54 Å². The summed E-state index contributed by atoms with van der Waals surface area (Å²) in [7, 11) is -3.53. The number of hydrogen-bond donors (Lipinski definition) is 3. The Kier molecular flexibility index (Phi) is 4.01. The van der Waals surface area contributed by atoms with Gasteiger partial charge in [-0.05, 0) is 18.6 Å². The topological polar surface area (TPSA) is 108 Å². The third-order valence-corrected chi connectivity index (χ3v) is 4.43. The number of aromatic nitrogens is 3. The molecule has 2 aromatic rings. The molecule has 0 unspecified atom stereocenters. The molecule has 7 nitrogen and oxygen atoms in total. The van der Waals surface area contributed by atoms with Crippen molar-refractivity contribution in [1.29, 1.82) is 0 Å². The minimum Gasteiger partial charge on any atom is -0.395 e. The van der Waals surface area contributed by atoms with Crippen molar-refractivity contribution in [1.82, 2.24) is 15.4 Å². The Balaban J connectivity index is 2.59. The van der Waals surface area contributed by atoms with E-state index in [2.05, 4.69) is 20.7 Å². The van der Waals surface area contributed by atoms with Crippen LogP contribution >= 0.6 is 0 Å². The van der Waals surface area contributed by atoms with Gasteiger partial charge in [-0.2, -0.15) is 15.4 Å². The SMILES string of the molecule is CCCNc1c(S(=O)(=O)CCO)ccc2n[nH]nc12. The Morgan fingerprint density at radius 3 is 2.84 bits per heavy atom. The van der Waals surface area contributed by atoms with Crippen LogP contribution < -0.4 is 5.32 Å². The second kappa shape index (κ2) is 5.54. The number of sulfone groups is 1. The number of benzene rings is 1. The van der Waals surface area contributed by atoms with E-state index in [1.165, 1.54) is 6.07 Å². The lowest BCUT2D eigenvalue weighted by Gasteiger charge is -2.11. The summed E-state index contributed by atoms with van der Waals surface area (Å²) in [6.07, 6.45) is 0.855. The molecule has 3 N–H and O–H groups in total. The first-order valence-electron chi connectivity index (χ1n) is 6.01. The molecule has 8 heteroatoms. The van der Waals surface area contributed by atoms with E-state index in [-0.39, 0.29) is 10.6 Å². The zero-order valence-corrected chi connectivity index (χ0v) is 11.4. The van der Waals surface area contributed by atoms with Gasteiger partial charge in [-0.3, -0.25) is 0 Å². The van der Waals surface area contributed by atoms with Crippen molar-refractivity contribution < 1.29 is 13.5 Å². The summed E-state index contributed by atoms with van der Waals surface area (Å²) in [5, 5.41) is 22.3. The lowest BCUT2D eigenvalue weighted by atomic mass is 10.2. The molecular formula is C11H16N4O3S. The molecule has 0 spiro atoms. The molecule has 0 atom stereocenters. The minimum absolute atomic E-state index is 0.149. The number of nitrogens with one attached hydrogen (secondary N) is 2. The number of H-pyrrole nitrogens is 1. The third-order valence-electron chi connectivity index (χ3n) is 2.70. The van der Waals surface area contributed by atoms with Crippen LogP contribution in [-0.4, -0.2) is 47.8 Å². The highest BCUT2D eigenvalue weighted by Crippen LogP contribution is 2.29. The van der Waals surface area contributed by atoms with E-state index in [1.54, 1.807) is 6.07 Å². The number of fused-ring (bicyclic) bond motifs is 1. The Morgan fingerprint density at radius 2 is 2.16 bits per heavy atom. The van der Waals surface area contributed by atoms with Crippen molar-refractivity contribution in [2.45, 2.75) is 18.2 Å². The zero-order valence-electron chi connectivity index (χ0n) is 10.5. The largest absolute Gasteiger partial charge is 0.395 e. The van der Waals surface area contributed by atoms with E-state index < -0.39 is 16.4 Å². The fourth-order valence-corrected chi connectivity index (χ4v) is 3.02. The van der Waals surface area contributed by atoms with E-state index in [9.17, 15) is 8.42 Å². The fraction of sp³-hybridized carbons (Fsp3) is 0.455. The Labute approximate surface area is 110 Å². The summed E-state index contributed by atoms with van der Waals surface area (Å²) in [5.74, 6) is -0.308. The second-order valence-electron chi connectivity index (χ2n) is 4.10. The summed E-state index contributed by atoms with van der Waals surface area (Å²) in [5.41, 5.74) is 1.54. The molecule has 0 aliphatic rings. The van der Waals surface area contributed by atoms with Crippen LogP contribution in [0.3, 0.4) is 0 Å². The molecule has 0 bridgehead atoms. The summed E-state index contributed by atoms with van der Waals surface area (Å²) in [6, 6.07) is 3.09. The van der Waals surface area contributed by atoms with E-state index in [1.807, 2.05) is 6.92 Å². The fourth-order valence-electron chi connectivity index (χ4n) is 1.80. The van der Waals surface area contributed by atoms with Crippen molar-refractivity contribution in [2.75, 3.05) is 24.2 Å². The monoisotopic (exact) mass is 284 g/mol. The van der Waals surface area contributed by atoms with Crippen LogP contribution in [0.15, 0.2) is 17.0 Å². The molecule has 1 aromatic carbocycles. The standard InChI is InChI=1S/C11H16N4O3S/c1-2-5-12-11-9(19(17,18)7-6-16)4-3-8-10(11)14-15-13-8/h3-4,12,16H,2,5-7H2,1H3,(H,13,14,15). The number of aliphatic hydroxyl groups is 1. The van der Waals surface area contributed by atoms with Crippen LogP contribution in [0.5, 0.6) is 0 Å².